The Hall–Kier alpha value is -1.51. The minimum Gasteiger partial charge on any atom is -0.394 e. The normalized spacial score (nSPS) is 16.5. The van der Waals surface area contributed by atoms with Gasteiger partial charge >= 0.3 is 5.69 Å². The van der Waals surface area contributed by atoms with Crippen LogP contribution >= 0.6 is 0 Å². The van der Waals surface area contributed by atoms with Crippen molar-refractivity contribution >= 4 is 5.95 Å². The van der Waals surface area contributed by atoms with Gasteiger partial charge in [0.2, 0.25) is 5.95 Å². The fraction of sp³-hybridized carbons (Fsp3) is 0.667. The molecule has 96 valence electrons. The van der Waals surface area contributed by atoms with Crippen molar-refractivity contribution in [2.24, 2.45) is 0 Å². The number of hydrogen-bond donors (Lipinski definition) is 3. The first-order valence-electron chi connectivity index (χ1n) is 5.10. The van der Waals surface area contributed by atoms with Crippen LogP contribution in [0.3, 0.4) is 0 Å². The molecule has 1 heterocycles. The van der Waals surface area contributed by atoms with Crippen molar-refractivity contribution < 1.29 is 14.9 Å². The minimum atomic E-state index is -0.854. The number of aliphatic hydroxyl groups excluding tert-OH is 2. The zero-order valence-electron chi connectivity index (χ0n) is 9.65. The van der Waals surface area contributed by atoms with Crippen molar-refractivity contribution in [2.75, 3.05) is 12.3 Å². The van der Waals surface area contributed by atoms with E-state index in [-0.39, 0.29) is 12.6 Å². The van der Waals surface area contributed by atoms with Gasteiger partial charge in [-0.3, -0.25) is 4.57 Å². The molecular formula is C9H16N4O4. The summed E-state index contributed by atoms with van der Waals surface area (Å²) >= 11 is 0. The first-order chi connectivity index (χ1) is 7.95. The predicted molar refractivity (Wildman–Crippen MR) is 59.1 cm³/mol. The second kappa shape index (κ2) is 5.71. The largest absolute Gasteiger partial charge is 0.394 e. The number of ether oxygens (including phenoxy) is 1. The Kier molecular flexibility index (Phi) is 4.55. The fourth-order valence-electron chi connectivity index (χ4n) is 1.23. The molecule has 1 aromatic heterocycles. The third-order valence-corrected chi connectivity index (χ3v) is 2.23. The number of hydrogen-bond acceptors (Lipinski definition) is 7. The Labute approximate surface area is 97.7 Å². The second-order valence-electron chi connectivity index (χ2n) is 3.60. The summed E-state index contributed by atoms with van der Waals surface area (Å²) in [6.07, 6.45) is -1.15. The molecule has 8 nitrogen and oxygen atoms in total. The molecule has 0 saturated carbocycles. The van der Waals surface area contributed by atoms with E-state index < -0.39 is 24.1 Å². The third-order valence-electron chi connectivity index (χ3n) is 2.23. The minimum absolute atomic E-state index is 0.118. The second-order valence-corrected chi connectivity index (χ2v) is 3.60. The quantitative estimate of drug-likeness (QED) is 0.575. The Morgan fingerprint density at radius 2 is 2.24 bits per heavy atom. The highest BCUT2D eigenvalue weighted by Gasteiger charge is 2.19. The van der Waals surface area contributed by atoms with Gasteiger partial charge in [0.15, 0.2) is 0 Å². The van der Waals surface area contributed by atoms with Crippen molar-refractivity contribution in [3.63, 3.8) is 0 Å². The number of aliphatic hydroxyl groups is 2. The molecule has 1 unspecified atom stereocenters. The van der Waals surface area contributed by atoms with Gasteiger partial charge in [-0.25, -0.2) is 9.78 Å². The highest BCUT2D eigenvalue weighted by atomic mass is 16.5. The number of nitrogen functional groups attached to an aromatic ring is 1. The molecule has 4 N–H and O–H groups in total. The Morgan fingerprint density at radius 1 is 1.59 bits per heavy atom. The van der Waals surface area contributed by atoms with Crippen molar-refractivity contribution in [2.45, 2.75) is 32.3 Å². The topological polar surface area (TPSA) is 123 Å². The molecule has 0 fully saturated rings. The van der Waals surface area contributed by atoms with Crippen LogP contribution in [-0.2, 0) is 4.74 Å². The van der Waals surface area contributed by atoms with Crippen LogP contribution in [0.15, 0.2) is 11.1 Å². The smallest absolute Gasteiger partial charge is 0.354 e. The summed E-state index contributed by atoms with van der Waals surface area (Å²) in [7, 11) is 0. The number of aromatic nitrogens is 3. The van der Waals surface area contributed by atoms with E-state index in [0.29, 0.717) is 0 Å². The van der Waals surface area contributed by atoms with Gasteiger partial charge < -0.3 is 20.7 Å². The molecule has 8 heteroatoms. The summed E-state index contributed by atoms with van der Waals surface area (Å²) < 4.78 is 6.42. The van der Waals surface area contributed by atoms with E-state index in [4.69, 9.17) is 15.6 Å². The summed E-state index contributed by atoms with van der Waals surface area (Å²) in [5, 5.41) is 18.3. The first kappa shape index (κ1) is 13.6. The van der Waals surface area contributed by atoms with Crippen LogP contribution in [0.1, 0.15) is 20.1 Å². The summed E-state index contributed by atoms with van der Waals surface area (Å²) in [6, 6.07) is 0. The highest BCUT2D eigenvalue weighted by molar-refractivity contribution is 5.09. The SMILES string of the molecule is CC(O)[C@H](CO)O[C@@H](C)n1cnc(N)nc1=O. The zero-order valence-corrected chi connectivity index (χ0v) is 9.65. The molecule has 0 aliphatic carbocycles. The maximum Gasteiger partial charge on any atom is 0.354 e. The molecule has 0 spiro atoms. The Bertz CT molecular complexity index is 420. The summed E-state index contributed by atoms with van der Waals surface area (Å²) in [6.45, 7) is 2.70. The summed E-state index contributed by atoms with van der Waals surface area (Å²) in [4.78, 5) is 18.6. The number of rotatable bonds is 5. The van der Waals surface area contributed by atoms with Gasteiger partial charge in [0.25, 0.3) is 0 Å². The van der Waals surface area contributed by atoms with E-state index in [0.717, 1.165) is 4.57 Å². The molecule has 0 aliphatic rings. The van der Waals surface area contributed by atoms with Crippen LogP contribution in [0.5, 0.6) is 0 Å². The molecule has 3 atom stereocenters. The average Bonchev–Trinajstić information content (AvgIpc) is 2.24. The monoisotopic (exact) mass is 244 g/mol. The lowest BCUT2D eigenvalue weighted by atomic mass is 10.2. The lowest BCUT2D eigenvalue weighted by Gasteiger charge is -2.23. The van der Waals surface area contributed by atoms with Gasteiger partial charge in [0, 0.05) is 0 Å². The first-order valence-corrected chi connectivity index (χ1v) is 5.10. The van der Waals surface area contributed by atoms with Gasteiger partial charge in [0.1, 0.15) is 18.7 Å². The summed E-state index contributed by atoms with van der Waals surface area (Å²) in [5.41, 5.74) is 4.64. The fourth-order valence-corrected chi connectivity index (χ4v) is 1.23. The standard InChI is InChI=1S/C9H16N4O4/c1-5(15)7(3-14)17-6(2)13-4-11-8(10)12-9(13)16/h4-7,14-15H,3H2,1-2H3,(H2,10,12,16)/t5?,6-,7-/m0/s1. The van der Waals surface area contributed by atoms with E-state index in [2.05, 4.69) is 9.97 Å². The van der Waals surface area contributed by atoms with Gasteiger partial charge in [-0.2, -0.15) is 4.98 Å². The molecule has 0 aliphatic heterocycles. The molecule has 17 heavy (non-hydrogen) atoms. The van der Waals surface area contributed by atoms with E-state index in [1.54, 1.807) is 6.92 Å². The molecule has 1 rings (SSSR count). The van der Waals surface area contributed by atoms with Crippen LogP contribution in [0, 0.1) is 0 Å². The number of nitrogens with zero attached hydrogens (tertiary/aromatic N) is 3. The van der Waals surface area contributed by atoms with Crippen molar-refractivity contribution in [1.82, 2.24) is 14.5 Å². The Morgan fingerprint density at radius 3 is 2.71 bits per heavy atom. The molecular weight excluding hydrogens is 228 g/mol. The highest BCUT2D eigenvalue weighted by Crippen LogP contribution is 2.10. The van der Waals surface area contributed by atoms with Gasteiger partial charge in [-0.15, -0.1) is 0 Å². The Balaban J connectivity index is 2.82. The molecule has 1 aromatic rings. The van der Waals surface area contributed by atoms with E-state index >= 15 is 0 Å². The molecule has 0 radical (unpaired) electrons. The molecule has 0 saturated heterocycles. The predicted octanol–water partition coefficient (Wildman–Crippen LogP) is -1.50. The van der Waals surface area contributed by atoms with Gasteiger partial charge in [-0.1, -0.05) is 0 Å². The van der Waals surface area contributed by atoms with Crippen molar-refractivity contribution in [1.29, 1.82) is 0 Å². The van der Waals surface area contributed by atoms with Crippen molar-refractivity contribution in [3.8, 4) is 0 Å². The van der Waals surface area contributed by atoms with E-state index in [9.17, 15) is 9.90 Å². The van der Waals surface area contributed by atoms with Crippen molar-refractivity contribution in [3.05, 3.63) is 16.8 Å². The van der Waals surface area contributed by atoms with Gasteiger partial charge in [-0.05, 0) is 13.8 Å². The maximum absolute atomic E-state index is 11.4. The lowest BCUT2D eigenvalue weighted by Crippen LogP contribution is -2.36. The molecule has 0 amide bonds. The van der Waals surface area contributed by atoms with E-state index in [1.807, 2.05) is 0 Å². The van der Waals surface area contributed by atoms with Crippen LogP contribution in [0.4, 0.5) is 5.95 Å². The molecule has 0 bridgehead atoms. The lowest BCUT2D eigenvalue weighted by molar-refractivity contribution is -0.113. The van der Waals surface area contributed by atoms with Crippen LogP contribution in [0.2, 0.25) is 0 Å². The van der Waals surface area contributed by atoms with Crippen LogP contribution in [0.25, 0.3) is 0 Å². The molecule has 0 aromatic carbocycles. The third kappa shape index (κ3) is 3.48. The number of anilines is 1. The average molecular weight is 244 g/mol. The maximum atomic E-state index is 11.4. The summed E-state index contributed by atoms with van der Waals surface area (Å²) in [5.74, 6) is -0.118. The van der Waals surface area contributed by atoms with Crippen LogP contribution < -0.4 is 11.4 Å². The number of nitrogens with two attached hydrogens (primary N) is 1. The zero-order chi connectivity index (χ0) is 13.0. The van der Waals surface area contributed by atoms with Gasteiger partial charge in [0.05, 0.1) is 12.7 Å². The van der Waals surface area contributed by atoms with Crippen LogP contribution in [-0.4, -0.2) is 43.6 Å². The van der Waals surface area contributed by atoms with E-state index in [1.165, 1.54) is 13.3 Å².